The molecule has 6 nitrogen and oxygen atoms in total. The number of halogens is 2. The molecule has 0 bridgehead atoms. The molecule has 0 aliphatic rings. The first-order valence-corrected chi connectivity index (χ1v) is 4.45. The van der Waals surface area contributed by atoms with Gasteiger partial charge < -0.3 is 10.4 Å². The SMILES string of the molecule is CC(Nc1cc([N+](=O)[O-])c(F)cc1F)C(=O)O. The van der Waals surface area contributed by atoms with Crippen molar-refractivity contribution in [3.05, 3.63) is 33.9 Å². The van der Waals surface area contributed by atoms with Gasteiger partial charge in [0.25, 0.3) is 0 Å². The molecular weight excluding hydrogens is 238 g/mol. The number of nitro groups is 1. The number of carboxylic acid groups (broad SMARTS) is 1. The normalized spacial score (nSPS) is 11.9. The van der Waals surface area contributed by atoms with Gasteiger partial charge in [0.1, 0.15) is 11.9 Å². The smallest absolute Gasteiger partial charge is 0.325 e. The van der Waals surface area contributed by atoms with Crippen LogP contribution in [0.15, 0.2) is 12.1 Å². The van der Waals surface area contributed by atoms with Crippen molar-refractivity contribution in [2.45, 2.75) is 13.0 Å². The maximum Gasteiger partial charge on any atom is 0.325 e. The molecule has 1 aromatic carbocycles. The van der Waals surface area contributed by atoms with Crippen LogP contribution in [0.1, 0.15) is 6.92 Å². The second kappa shape index (κ2) is 4.73. The van der Waals surface area contributed by atoms with Crippen LogP contribution in [0.3, 0.4) is 0 Å². The standard InChI is InChI=1S/C9H8F2N2O4/c1-4(9(14)15)12-7-3-8(13(16)17)6(11)2-5(7)10/h2-4,12H,1H3,(H,14,15). The Morgan fingerprint density at radius 1 is 1.47 bits per heavy atom. The summed E-state index contributed by atoms with van der Waals surface area (Å²) >= 11 is 0. The van der Waals surface area contributed by atoms with E-state index in [0.29, 0.717) is 12.1 Å². The van der Waals surface area contributed by atoms with Gasteiger partial charge in [-0.15, -0.1) is 0 Å². The summed E-state index contributed by atoms with van der Waals surface area (Å²) in [6, 6.07) is -0.214. The number of carbonyl (C=O) groups is 1. The Balaban J connectivity index is 3.12. The number of nitrogens with one attached hydrogen (secondary N) is 1. The van der Waals surface area contributed by atoms with Gasteiger partial charge in [-0.05, 0) is 6.92 Å². The zero-order valence-corrected chi connectivity index (χ0v) is 8.61. The van der Waals surface area contributed by atoms with Crippen molar-refractivity contribution in [1.82, 2.24) is 0 Å². The van der Waals surface area contributed by atoms with E-state index in [1.54, 1.807) is 0 Å². The van der Waals surface area contributed by atoms with Gasteiger partial charge in [0.15, 0.2) is 0 Å². The fourth-order valence-electron chi connectivity index (χ4n) is 1.08. The van der Waals surface area contributed by atoms with E-state index in [1.165, 1.54) is 6.92 Å². The molecule has 1 rings (SSSR count). The maximum absolute atomic E-state index is 13.2. The Bertz CT molecular complexity index is 478. The zero-order valence-electron chi connectivity index (χ0n) is 8.61. The molecule has 1 aromatic rings. The number of aliphatic carboxylic acids is 1. The predicted octanol–water partition coefficient (Wildman–Crippen LogP) is 1.76. The summed E-state index contributed by atoms with van der Waals surface area (Å²) in [4.78, 5) is 19.9. The number of rotatable bonds is 4. The average molecular weight is 246 g/mol. The van der Waals surface area contributed by atoms with Crippen LogP contribution in [0.25, 0.3) is 0 Å². The van der Waals surface area contributed by atoms with E-state index in [-0.39, 0.29) is 0 Å². The first kappa shape index (κ1) is 12.8. The molecule has 0 fully saturated rings. The van der Waals surface area contributed by atoms with Crippen molar-refractivity contribution in [2.75, 3.05) is 5.32 Å². The van der Waals surface area contributed by atoms with Gasteiger partial charge in [0, 0.05) is 12.1 Å². The second-order valence-electron chi connectivity index (χ2n) is 3.24. The van der Waals surface area contributed by atoms with E-state index < -0.39 is 39.9 Å². The predicted molar refractivity (Wildman–Crippen MR) is 53.7 cm³/mol. The lowest BCUT2D eigenvalue weighted by molar-refractivity contribution is -0.387. The second-order valence-corrected chi connectivity index (χ2v) is 3.24. The van der Waals surface area contributed by atoms with Gasteiger partial charge >= 0.3 is 11.7 Å². The van der Waals surface area contributed by atoms with Gasteiger partial charge in [-0.2, -0.15) is 4.39 Å². The summed E-state index contributed by atoms with van der Waals surface area (Å²) in [5, 5.41) is 21.2. The van der Waals surface area contributed by atoms with Crippen LogP contribution in [-0.4, -0.2) is 22.0 Å². The van der Waals surface area contributed by atoms with Gasteiger partial charge in [-0.3, -0.25) is 14.9 Å². The summed E-state index contributed by atoms with van der Waals surface area (Å²) < 4.78 is 26.2. The lowest BCUT2D eigenvalue weighted by atomic mass is 10.2. The third-order valence-electron chi connectivity index (χ3n) is 1.98. The number of benzene rings is 1. The number of nitro benzene ring substituents is 1. The van der Waals surface area contributed by atoms with Crippen molar-refractivity contribution in [1.29, 1.82) is 0 Å². The molecule has 0 saturated carbocycles. The maximum atomic E-state index is 13.2. The van der Waals surface area contributed by atoms with Crippen LogP contribution in [0.4, 0.5) is 20.2 Å². The Labute approximate surface area is 94.0 Å². The third-order valence-corrected chi connectivity index (χ3v) is 1.98. The summed E-state index contributed by atoms with van der Waals surface area (Å²) in [5.41, 5.74) is -1.36. The van der Waals surface area contributed by atoms with Crippen LogP contribution in [-0.2, 0) is 4.79 Å². The van der Waals surface area contributed by atoms with Crippen LogP contribution in [0.2, 0.25) is 0 Å². The molecule has 8 heteroatoms. The van der Waals surface area contributed by atoms with Gasteiger partial charge in [-0.25, -0.2) is 4.39 Å². The van der Waals surface area contributed by atoms with Crippen molar-refractivity contribution in [3.8, 4) is 0 Å². The molecule has 0 amide bonds. The fourth-order valence-corrected chi connectivity index (χ4v) is 1.08. The number of hydrogen-bond acceptors (Lipinski definition) is 4. The molecule has 2 N–H and O–H groups in total. The van der Waals surface area contributed by atoms with E-state index in [0.717, 1.165) is 0 Å². The summed E-state index contributed by atoms with van der Waals surface area (Å²) in [6.45, 7) is 1.22. The molecule has 0 aliphatic heterocycles. The lowest BCUT2D eigenvalue weighted by Crippen LogP contribution is -2.26. The Hall–Kier alpha value is -2.25. The molecule has 0 radical (unpaired) electrons. The summed E-state index contributed by atoms with van der Waals surface area (Å²) in [6.07, 6.45) is 0. The molecule has 1 unspecified atom stereocenters. The van der Waals surface area contributed by atoms with Crippen molar-refractivity contribution < 1.29 is 23.6 Å². The highest BCUT2D eigenvalue weighted by molar-refractivity contribution is 5.77. The molecule has 0 spiro atoms. The van der Waals surface area contributed by atoms with Crippen LogP contribution >= 0.6 is 0 Å². The lowest BCUT2D eigenvalue weighted by Gasteiger charge is -2.11. The quantitative estimate of drug-likeness (QED) is 0.623. The van der Waals surface area contributed by atoms with E-state index in [9.17, 15) is 23.7 Å². The monoisotopic (exact) mass is 246 g/mol. The molecule has 0 aliphatic carbocycles. The molecule has 0 saturated heterocycles. The van der Waals surface area contributed by atoms with Crippen molar-refractivity contribution >= 4 is 17.3 Å². The van der Waals surface area contributed by atoms with E-state index in [2.05, 4.69) is 5.32 Å². The molecule has 1 atom stereocenters. The molecule has 0 aromatic heterocycles. The zero-order chi connectivity index (χ0) is 13.2. The average Bonchev–Trinajstić information content (AvgIpc) is 2.21. The highest BCUT2D eigenvalue weighted by atomic mass is 19.1. The number of anilines is 1. The fraction of sp³-hybridized carbons (Fsp3) is 0.222. The highest BCUT2D eigenvalue weighted by Gasteiger charge is 2.20. The Kier molecular flexibility index (Phi) is 3.56. The first-order chi connectivity index (χ1) is 7.82. The van der Waals surface area contributed by atoms with Gasteiger partial charge in [0.05, 0.1) is 10.6 Å². The first-order valence-electron chi connectivity index (χ1n) is 4.45. The van der Waals surface area contributed by atoms with Crippen molar-refractivity contribution in [2.24, 2.45) is 0 Å². The van der Waals surface area contributed by atoms with Crippen LogP contribution in [0, 0.1) is 21.7 Å². The molecule has 92 valence electrons. The van der Waals surface area contributed by atoms with Crippen LogP contribution in [0.5, 0.6) is 0 Å². The minimum absolute atomic E-state index is 0.328. The van der Waals surface area contributed by atoms with Crippen LogP contribution < -0.4 is 5.32 Å². The van der Waals surface area contributed by atoms with Crippen molar-refractivity contribution in [3.63, 3.8) is 0 Å². The number of carboxylic acids is 1. The minimum atomic E-state index is -1.32. The third kappa shape index (κ3) is 2.86. The largest absolute Gasteiger partial charge is 0.480 e. The van der Waals surface area contributed by atoms with E-state index in [1.807, 2.05) is 0 Å². The minimum Gasteiger partial charge on any atom is -0.480 e. The highest BCUT2D eigenvalue weighted by Crippen LogP contribution is 2.25. The Morgan fingerprint density at radius 2 is 2.06 bits per heavy atom. The number of nitrogens with zero attached hydrogens (tertiary/aromatic N) is 1. The number of hydrogen-bond donors (Lipinski definition) is 2. The summed E-state index contributed by atoms with van der Waals surface area (Å²) in [7, 11) is 0. The van der Waals surface area contributed by atoms with Gasteiger partial charge in [0.2, 0.25) is 5.82 Å². The van der Waals surface area contributed by atoms with E-state index >= 15 is 0 Å². The molecular formula is C9H8F2N2O4. The van der Waals surface area contributed by atoms with E-state index in [4.69, 9.17) is 5.11 Å². The molecule has 0 heterocycles. The Morgan fingerprint density at radius 3 is 2.53 bits per heavy atom. The molecule has 17 heavy (non-hydrogen) atoms. The summed E-state index contributed by atoms with van der Waals surface area (Å²) in [5.74, 6) is -3.68. The van der Waals surface area contributed by atoms with Gasteiger partial charge in [-0.1, -0.05) is 0 Å². The topological polar surface area (TPSA) is 92.5 Å².